The van der Waals surface area contributed by atoms with Crippen LogP contribution in [0.2, 0.25) is 0 Å². The van der Waals surface area contributed by atoms with Crippen molar-refractivity contribution >= 4 is 17.3 Å². The van der Waals surface area contributed by atoms with Crippen LogP contribution < -0.4 is 4.90 Å². The van der Waals surface area contributed by atoms with E-state index in [1.807, 2.05) is 0 Å². The van der Waals surface area contributed by atoms with Crippen LogP contribution in [0.1, 0.15) is 18.9 Å². The highest BCUT2D eigenvalue weighted by Crippen LogP contribution is 2.16. The molecule has 1 rings (SSSR count). The molecule has 0 amide bonds. The van der Waals surface area contributed by atoms with Gasteiger partial charge >= 0.3 is 0 Å². The molecule has 0 saturated carbocycles. The predicted molar refractivity (Wildman–Crippen MR) is 77.1 cm³/mol. The van der Waals surface area contributed by atoms with Crippen LogP contribution in [-0.2, 0) is 5.88 Å². The molecule has 2 nitrogen and oxygen atoms in total. The van der Waals surface area contributed by atoms with Gasteiger partial charge in [-0.15, -0.1) is 11.6 Å². The summed E-state index contributed by atoms with van der Waals surface area (Å²) in [6.45, 7) is 5.49. The normalized spacial score (nSPS) is 10.9. The first-order chi connectivity index (χ1) is 8.17. The van der Waals surface area contributed by atoms with Crippen molar-refractivity contribution in [2.75, 3.05) is 38.6 Å². The Hall–Kier alpha value is -0.730. The van der Waals surface area contributed by atoms with Crippen molar-refractivity contribution < 1.29 is 0 Å². The van der Waals surface area contributed by atoms with E-state index in [0.717, 1.165) is 19.6 Å². The Morgan fingerprint density at radius 1 is 1.06 bits per heavy atom. The highest BCUT2D eigenvalue weighted by molar-refractivity contribution is 6.17. The molecule has 0 N–H and O–H groups in total. The average Bonchev–Trinajstić information content (AvgIpc) is 2.34. The molecule has 0 bridgehead atoms. The van der Waals surface area contributed by atoms with Gasteiger partial charge in [-0.25, -0.2) is 0 Å². The summed E-state index contributed by atoms with van der Waals surface area (Å²) in [4.78, 5) is 4.63. The first kappa shape index (κ1) is 14.3. The van der Waals surface area contributed by atoms with E-state index in [2.05, 4.69) is 55.1 Å². The van der Waals surface area contributed by atoms with Gasteiger partial charge in [-0.2, -0.15) is 0 Å². The fourth-order valence-corrected chi connectivity index (χ4v) is 2.02. The van der Waals surface area contributed by atoms with Crippen LogP contribution in [0.15, 0.2) is 24.3 Å². The zero-order valence-electron chi connectivity index (χ0n) is 11.1. The van der Waals surface area contributed by atoms with Crippen LogP contribution in [0.5, 0.6) is 0 Å². The molecule has 0 fully saturated rings. The largest absolute Gasteiger partial charge is 0.372 e. The number of hydrogen-bond donors (Lipinski definition) is 0. The Labute approximate surface area is 110 Å². The Balaban J connectivity index is 2.53. The summed E-state index contributed by atoms with van der Waals surface area (Å²) in [5.74, 6) is 0.590. The lowest BCUT2D eigenvalue weighted by molar-refractivity contribution is 0.400. The quantitative estimate of drug-likeness (QED) is 0.690. The highest BCUT2D eigenvalue weighted by atomic mass is 35.5. The van der Waals surface area contributed by atoms with Gasteiger partial charge in [0.25, 0.3) is 0 Å². The third kappa shape index (κ3) is 4.97. The molecular weight excluding hydrogens is 232 g/mol. The van der Waals surface area contributed by atoms with E-state index in [1.165, 1.54) is 17.7 Å². The maximum Gasteiger partial charge on any atom is 0.0474 e. The predicted octanol–water partition coefficient (Wildman–Crippen LogP) is 3.20. The van der Waals surface area contributed by atoms with E-state index in [0.29, 0.717) is 5.88 Å². The van der Waals surface area contributed by atoms with Crippen molar-refractivity contribution in [2.45, 2.75) is 19.2 Å². The number of anilines is 1. The summed E-state index contributed by atoms with van der Waals surface area (Å²) in [6.07, 6.45) is 1.19. The van der Waals surface area contributed by atoms with Crippen LogP contribution in [0.3, 0.4) is 0 Å². The van der Waals surface area contributed by atoms with Gasteiger partial charge in [-0.05, 0) is 51.7 Å². The number of hydrogen-bond acceptors (Lipinski definition) is 2. The van der Waals surface area contributed by atoms with Gasteiger partial charge in [-0.3, -0.25) is 0 Å². The Kier molecular flexibility index (Phi) is 6.38. The number of alkyl halides is 1. The van der Waals surface area contributed by atoms with Crippen LogP contribution in [0, 0.1) is 0 Å². The summed E-state index contributed by atoms with van der Waals surface area (Å²) in [7, 11) is 4.23. The second kappa shape index (κ2) is 7.57. The molecular formula is C14H23ClN2. The van der Waals surface area contributed by atoms with E-state index in [1.54, 1.807) is 0 Å². The van der Waals surface area contributed by atoms with E-state index < -0.39 is 0 Å². The smallest absolute Gasteiger partial charge is 0.0474 e. The number of rotatable bonds is 7. The summed E-state index contributed by atoms with van der Waals surface area (Å²) in [5.41, 5.74) is 2.47. The average molecular weight is 255 g/mol. The Bertz CT molecular complexity index is 309. The molecule has 0 aliphatic carbocycles. The number of halogens is 1. The molecule has 17 heavy (non-hydrogen) atoms. The summed E-state index contributed by atoms with van der Waals surface area (Å²) in [6, 6.07) is 8.54. The highest BCUT2D eigenvalue weighted by Gasteiger charge is 2.04. The lowest BCUT2D eigenvalue weighted by atomic mass is 10.2. The molecule has 0 saturated heterocycles. The monoisotopic (exact) mass is 254 g/mol. The van der Waals surface area contributed by atoms with Gasteiger partial charge in [0.15, 0.2) is 0 Å². The minimum Gasteiger partial charge on any atom is -0.372 e. The van der Waals surface area contributed by atoms with Crippen molar-refractivity contribution in [1.29, 1.82) is 0 Å². The summed E-state index contributed by atoms with van der Waals surface area (Å²) < 4.78 is 0. The lowest BCUT2D eigenvalue weighted by Crippen LogP contribution is -2.26. The lowest BCUT2D eigenvalue weighted by Gasteiger charge is -2.24. The fourth-order valence-electron chi connectivity index (χ4n) is 1.84. The number of benzene rings is 1. The van der Waals surface area contributed by atoms with Gasteiger partial charge in [0.1, 0.15) is 0 Å². The van der Waals surface area contributed by atoms with Crippen LogP contribution in [0.4, 0.5) is 5.69 Å². The van der Waals surface area contributed by atoms with Gasteiger partial charge in [-0.1, -0.05) is 12.1 Å². The minimum atomic E-state index is 0.590. The number of nitrogens with zero attached hydrogens (tertiary/aromatic N) is 2. The molecule has 0 unspecified atom stereocenters. The first-order valence-corrected chi connectivity index (χ1v) is 6.75. The molecule has 1 aromatic carbocycles. The fraction of sp³-hybridized carbons (Fsp3) is 0.571. The zero-order chi connectivity index (χ0) is 12.7. The summed E-state index contributed by atoms with van der Waals surface area (Å²) >= 11 is 5.79. The molecule has 0 heterocycles. The second-order valence-electron chi connectivity index (χ2n) is 4.54. The van der Waals surface area contributed by atoms with E-state index in [4.69, 9.17) is 11.6 Å². The summed E-state index contributed by atoms with van der Waals surface area (Å²) in [5, 5.41) is 0. The van der Waals surface area contributed by atoms with Crippen LogP contribution >= 0.6 is 11.6 Å². The van der Waals surface area contributed by atoms with Crippen molar-refractivity contribution in [3.8, 4) is 0 Å². The van der Waals surface area contributed by atoms with E-state index in [-0.39, 0.29) is 0 Å². The van der Waals surface area contributed by atoms with Gasteiger partial charge in [0.05, 0.1) is 0 Å². The SMILES string of the molecule is CCN(CCCN(C)C)c1ccc(CCl)cc1. The van der Waals surface area contributed by atoms with Crippen molar-refractivity contribution in [1.82, 2.24) is 4.90 Å². The minimum absolute atomic E-state index is 0.590. The van der Waals surface area contributed by atoms with Crippen molar-refractivity contribution in [2.24, 2.45) is 0 Å². The van der Waals surface area contributed by atoms with Gasteiger partial charge < -0.3 is 9.80 Å². The van der Waals surface area contributed by atoms with Crippen molar-refractivity contribution in [3.63, 3.8) is 0 Å². The molecule has 96 valence electrons. The molecule has 0 radical (unpaired) electrons. The third-order valence-corrected chi connectivity index (χ3v) is 3.18. The third-order valence-electron chi connectivity index (χ3n) is 2.87. The van der Waals surface area contributed by atoms with Gasteiger partial charge in [0.2, 0.25) is 0 Å². The standard InChI is InChI=1S/C14H23ClN2/c1-4-17(11-5-10-16(2)3)14-8-6-13(12-15)7-9-14/h6-9H,4-5,10-12H2,1-3H3. The molecule has 0 aliphatic rings. The second-order valence-corrected chi connectivity index (χ2v) is 4.80. The zero-order valence-corrected chi connectivity index (χ0v) is 11.9. The maximum absolute atomic E-state index is 5.79. The Morgan fingerprint density at radius 3 is 2.18 bits per heavy atom. The molecule has 3 heteroatoms. The molecule has 0 aromatic heterocycles. The maximum atomic E-state index is 5.79. The van der Waals surface area contributed by atoms with Gasteiger partial charge in [0, 0.05) is 24.7 Å². The van der Waals surface area contributed by atoms with E-state index >= 15 is 0 Å². The van der Waals surface area contributed by atoms with Crippen LogP contribution in [-0.4, -0.2) is 38.6 Å². The Morgan fingerprint density at radius 2 is 1.71 bits per heavy atom. The molecule has 0 spiro atoms. The topological polar surface area (TPSA) is 6.48 Å². The van der Waals surface area contributed by atoms with Crippen molar-refractivity contribution in [3.05, 3.63) is 29.8 Å². The molecule has 1 aromatic rings. The van der Waals surface area contributed by atoms with E-state index in [9.17, 15) is 0 Å². The molecule has 0 aliphatic heterocycles. The molecule has 0 atom stereocenters. The van der Waals surface area contributed by atoms with Crippen LogP contribution in [0.25, 0.3) is 0 Å². The first-order valence-electron chi connectivity index (χ1n) is 6.22.